The number of rotatable bonds is 6. The Hall–Kier alpha value is -3.39. The second kappa shape index (κ2) is 9.34. The van der Waals surface area contributed by atoms with E-state index in [0.717, 1.165) is 28.7 Å². The number of hydrogen-bond donors (Lipinski definition) is 2. The summed E-state index contributed by atoms with van der Waals surface area (Å²) in [5, 5.41) is 12.4. The first-order valence-electron chi connectivity index (χ1n) is 12.1. The summed E-state index contributed by atoms with van der Waals surface area (Å²) in [7, 11) is 1.36. The van der Waals surface area contributed by atoms with Gasteiger partial charge in [0.05, 0.1) is 12.5 Å². The highest BCUT2D eigenvalue weighted by atomic mass is 16.5. The number of carbonyl (C=O) groups excluding carboxylic acids is 2. The molecule has 2 amide bonds. The number of ether oxygens (including phenoxy) is 2. The molecule has 3 aliphatic rings. The van der Waals surface area contributed by atoms with Crippen LogP contribution in [0.3, 0.4) is 0 Å². The second-order valence-corrected chi connectivity index (χ2v) is 9.63. The van der Waals surface area contributed by atoms with E-state index < -0.39 is 23.6 Å². The first-order valence-corrected chi connectivity index (χ1v) is 12.1. The lowest BCUT2D eigenvalue weighted by atomic mass is 9.98. The van der Waals surface area contributed by atoms with Gasteiger partial charge < -0.3 is 24.8 Å². The Morgan fingerprint density at radius 1 is 1.06 bits per heavy atom. The monoisotopic (exact) mass is 478 g/mol. The topological polar surface area (TPSA) is 105 Å². The number of carboxylic acids is 1. The minimum Gasteiger partial charge on any atom is -0.479 e. The number of hydrogen-bond acceptors (Lipinski definition) is 5. The average Bonchev–Trinajstić information content (AvgIpc) is 3.59. The normalized spacial score (nSPS) is 25.2. The number of benzene rings is 2. The lowest BCUT2D eigenvalue weighted by Crippen LogP contribution is -2.48. The summed E-state index contributed by atoms with van der Waals surface area (Å²) in [4.78, 5) is 39.2. The number of nitrogens with zero attached hydrogens (tertiary/aromatic N) is 1. The van der Waals surface area contributed by atoms with E-state index in [4.69, 9.17) is 9.47 Å². The molecule has 0 radical (unpaired) electrons. The standard InChI is InChI=1S/C27H30N2O6/c1-34-27(25(31)32)13-14-29(16-27)24(30)21-11-6-12-23(21)28-26(33)35-15-22-19-9-4-2-7-17(19)18-8-3-5-10-20(18)22/h2-5,7-10,21-23H,6,11-16H2,1H3,(H,28,33)(H,31,32). The van der Waals surface area contributed by atoms with Crippen molar-refractivity contribution in [3.05, 3.63) is 59.7 Å². The van der Waals surface area contributed by atoms with Crippen molar-refractivity contribution in [3.63, 3.8) is 0 Å². The van der Waals surface area contributed by atoms with Crippen LogP contribution >= 0.6 is 0 Å². The summed E-state index contributed by atoms with van der Waals surface area (Å²) in [6, 6.07) is 16.0. The fraction of sp³-hybridized carbons (Fsp3) is 0.444. The SMILES string of the molecule is COC1(C(=O)O)CCN(C(=O)C2CCCC2NC(=O)OCC2c3ccccc3-c3ccccc32)C1. The Kier molecular flexibility index (Phi) is 6.23. The van der Waals surface area contributed by atoms with E-state index >= 15 is 0 Å². The molecule has 35 heavy (non-hydrogen) atoms. The molecule has 0 bridgehead atoms. The van der Waals surface area contributed by atoms with Crippen molar-refractivity contribution < 1.29 is 29.0 Å². The van der Waals surface area contributed by atoms with Gasteiger partial charge in [-0.15, -0.1) is 0 Å². The second-order valence-electron chi connectivity index (χ2n) is 9.63. The van der Waals surface area contributed by atoms with Crippen molar-refractivity contribution in [2.75, 3.05) is 26.8 Å². The maximum atomic E-state index is 13.2. The number of amides is 2. The molecule has 184 valence electrons. The molecule has 1 heterocycles. The third-order valence-corrected chi connectivity index (χ3v) is 7.80. The van der Waals surface area contributed by atoms with Gasteiger partial charge in [0.2, 0.25) is 5.91 Å². The van der Waals surface area contributed by atoms with Crippen molar-refractivity contribution in [3.8, 4) is 11.1 Å². The molecule has 2 aromatic rings. The van der Waals surface area contributed by atoms with Crippen LogP contribution < -0.4 is 5.32 Å². The fourth-order valence-corrected chi connectivity index (χ4v) is 5.85. The molecule has 2 N–H and O–H groups in total. The summed E-state index contributed by atoms with van der Waals surface area (Å²) >= 11 is 0. The van der Waals surface area contributed by atoms with Crippen LogP contribution in [0.2, 0.25) is 0 Å². The Morgan fingerprint density at radius 2 is 1.71 bits per heavy atom. The zero-order valence-electron chi connectivity index (χ0n) is 19.7. The molecule has 1 saturated carbocycles. The quantitative estimate of drug-likeness (QED) is 0.659. The van der Waals surface area contributed by atoms with Crippen LogP contribution in [-0.2, 0) is 19.1 Å². The number of carboxylic acid groups (broad SMARTS) is 1. The molecule has 3 atom stereocenters. The van der Waals surface area contributed by atoms with Gasteiger partial charge in [-0.2, -0.15) is 0 Å². The highest BCUT2D eigenvalue weighted by Crippen LogP contribution is 2.44. The molecule has 8 nitrogen and oxygen atoms in total. The van der Waals surface area contributed by atoms with Gasteiger partial charge in [-0.25, -0.2) is 9.59 Å². The van der Waals surface area contributed by atoms with Crippen LogP contribution in [0, 0.1) is 5.92 Å². The van der Waals surface area contributed by atoms with Crippen LogP contribution in [0.15, 0.2) is 48.5 Å². The highest BCUT2D eigenvalue weighted by Gasteiger charge is 2.49. The van der Waals surface area contributed by atoms with Crippen molar-refractivity contribution in [1.29, 1.82) is 0 Å². The van der Waals surface area contributed by atoms with E-state index in [9.17, 15) is 19.5 Å². The summed E-state index contributed by atoms with van der Waals surface area (Å²) in [6.07, 6.45) is 1.86. The third kappa shape index (κ3) is 4.16. The number of aliphatic carboxylic acids is 1. The van der Waals surface area contributed by atoms with Gasteiger partial charge in [0.15, 0.2) is 5.60 Å². The van der Waals surface area contributed by atoms with E-state index in [1.54, 1.807) is 4.90 Å². The molecule has 5 rings (SSSR count). The van der Waals surface area contributed by atoms with Gasteiger partial charge >= 0.3 is 12.1 Å². The van der Waals surface area contributed by atoms with Crippen LogP contribution in [0.5, 0.6) is 0 Å². The molecule has 2 aliphatic carbocycles. The van der Waals surface area contributed by atoms with Crippen LogP contribution in [-0.4, -0.2) is 66.4 Å². The number of fused-ring (bicyclic) bond motifs is 3. The van der Waals surface area contributed by atoms with Gasteiger partial charge in [-0.05, 0) is 35.1 Å². The Morgan fingerprint density at radius 3 is 2.31 bits per heavy atom. The predicted molar refractivity (Wildman–Crippen MR) is 128 cm³/mol. The van der Waals surface area contributed by atoms with Gasteiger partial charge in [0.1, 0.15) is 6.61 Å². The Labute approximate surface area is 204 Å². The molecule has 0 aromatic heterocycles. The molecular formula is C27H30N2O6. The maximum Gasteiger partial charge on any atom is 0.407 e. The van der Waals surface area contributed by atoms with Crippen molar-refractivity contribution in [2.24, 2.45) is 5.92 Å². The fourth-order valence-electron chi connectivity index (χ4n) is 5.85. The minimum atomic E-state index is -1.36. The zero-order chi connectivity index (χ0) is 24.6. The molecule has 1 saturated heterocycles. The lowest BCUT2D eigenvalue weighted by Gasteiger charge is -2.27. The largest absolute Gasteiger partial charge is 0.479 e. The number of alkyl carbamates (subject to hydrolysis) is 1. The van der Waals surface area contributed by atoms with Crippen molar-refractivity contribution in [2.45, 2.75) is 43.2 Å². The third-order valence-electron chi connectivity index (χ3n) is 7.80. The summed E-state index contributed by atoms with van der Waals surface area (Å²) in [6.45, 7) is 0.561. The van der Waals surface area contributed by atoms with Gasteiger partial charge in [0, 0.05) is 32.0 Å². The van der Waals surface area contributed by atoms with Crippen molar-refractivity contribution in [1.82, 2.24) is 10.2 Å². The molecule has 2 aromatic carbocycles. The molecule has 2 fully saturated rings. The minimum absolute atomic E-state index is 0.0197. The van der Waals surface area contributed by atoms with Gasteiger partial charge in [-0.3, -0.25) is 4.79 Å². The van der Waals surface area contributed by atoms with E-state index in [1.165, 1.54) is 7.11 Å². The lowest BCUT2D eigenvalue weighted by molar-refractivity contribution is -0.161. The molecular weight excluding hydrogens is 448 g/mol. The molecule has 3 unspecified atom stereocenters. The number of carbonyl (C=O) groups is 3. The van der Waals surface area contributed by atoms with Gasteiger partial charge in [0.25, 0.3) is 0 Å². The van der Waals surface area contributed by atoms with E-state index in [2.05, 4.69) is 29.6 Å². The first-order chi connectivity index (χ1) is 16.9. The number of nitrogens with one attached hydrogen (secondary N) is 1. The van der Waals surface area contributed by atoms with E-state index in [1.807, 2.05) is 24.3 Å². The Bertz CT molecular complexity index is 1100. The number of likely N-dealkylation sites (tertiary alicyclic amines) is 1. The van der Waals surface area contributed by atoms with Crippen LogP contribution in [0.4, 0.5) is 4.79 Å². The van der Waals surface area contributed by atoms with E-state index in [-0.39, 0.29) is 37.4 Å². The van der Waals surface area contributed by atoms with Crippen LogP contribution in [0.25, 0.3) is 11.1 Å². The smallest absolute Gasteiger partial charge is 0.407 e. The molecule has 8 heteroatoms. The number of methoxy groups -OCH3 is 1. The van der Waals surface area contributed by atoms with Crippen molar-refractivity contribution >= 4 is 18.0 Å². The predicted octanol–water partition coefficient (Wildman–Crippen LogP) is 3.40. The summed E-state index contributed by atoms with van der Waals surface area (Å²) in [5.74, 6) is -1.62. The van der Waals surface area contributed by atoms with E-state index in [0.29, 0.717) is 19.4 Å². The Balaban J connectivity index is 1.21. The van der Waals surface area contributed by atoms with Crippen LogP contribution in [0.1, 0.15) is 42.7 Å². The molecule has 0 spiro atoms. The maximum absolute atomic E-state index is 13.2. The summed E-state index contributed by atoms with van der Waals surface area (Å²) in [5.41, 5.74) is 3.26. The molecule has 1 aliphatic heterocycles. The highest BCUT2D eigenvalue weighted by molar-refractivity contribution is 5.85. The first kappa shape index (κ1) is 23.4. The average molecular weight is 479 g/mol. The van der Waals surface area contributed by atoms with Gasteiger partial charge in [-0.1, -0.05) is 55.0 Å². The zero-order valence-corrected chi connectivity index (χ0v) is 19.7. The summed E-state index contributed by atoms with van der Waals surface area (Å²) < 4.78 is 10.9.